The highest BCUT2D eigenvalue weighted by Crippen LogP contribution is 2.23. The summed E-state index contributed by atoms with van der Waals surface area (Å²) >= 11 is 0. The lowest BCUT2D eigenvalue weighted by molar-refractivity contribution is -0.170. The largest absolute Gasteiger partial charge is 0.364 e. The van der Waals surface area contributed by atoms with Crippen LogP contribution in [0.5, 0.6) is 0 Å². The molecule has 2 nitrogen and oxygen atoms in total. The molecule has 0 spiro atoms. The van der Waals surface area contributed by atoms with Crippen LogP contribution >= 0.6 is 0 Å². The van der Waals surface area contributed by atoms with Crippen molar-refractivity contribution < 1.29 is 27.1 Å². The SMILES string of the molecule is Cc1ccc(C(=O)C(C)OCC(F)(F)C(F)F)cc1. The molecule has 1 aromatic rings. The van der Waals surface area contributed by atoms with Crippen molar-refractivity contribution in [1.29, 1.82) is 0 Å². The molecule has 0 fully saturated rings. The Morgan fingerprint density at radius 2 is 1.79 bits per heavy atom. The number of hydrogen-bond donors (Lipinski definition) is 0. The molecule has 19 heavy (non-hydrogen) atoms. The second kappa shape index (κ2) is 6.14. The number of benzene rings is 1. The maximum atomic E-state index is 12.6. The number of rotatable bonds is 6. The fourth-order valence-corrected chi connectivity index (χ4v) is 1.33. The Bertz CT molecular complexity index is 429. The minimum absolute atomic E-state index is 0.290. The first-order valence-electron chi connectivity index (χ1n) is 5.62. The van der Waals surface area contributed by atoms with Crippen LogP contribution in [0.1, 0.15) is 22.8 Å². The number of hydrogen-bond acceptors (Lipinski definition) is 2. The molecular weight excluding hydrogens is 264 g/mol. The van der Waals surface area contributed by atoms with Crippen LogP contribution in [0.25, 0.3) is 0 Å². The average molecular weight is 278 g/mol. The first-order valence-corrected chi connectivity index (χ1v) is 5.62. The molecule has 0 amide bonds. The van der Waals surface area contributed by atoms with E-state index in [9.17, 15) is 22.4 Å². The Kier molecular flexibility index (Phi) is 5.05. The summed E-state index contributed by atoms with van der Waals surface area (Å²) in [5.74, 6) is -4.77. The van der Waals surface area contributed by atoms with Gasteiger partial charge >= 0.3 is 12.3 Å². The van der Waals surface area contributed by atoms with Crippen LogP contribution in [0.3, 0.4) is 0 Å². The first-order chi connectivity index (χ1) is 8.74. The Labute approximate surface area is 108 Å². The lowest BCUT2D eigenvalue weighted by Crippen LogP contribution is -2.35. The Morgan fingerprint density at radius 3 is 2.26 bits per heavy atom. The summed E-state index contributed by atoms with van der Waals surface area (Å²) in [5, 5.41) is 0. The van der Waals surface area contributed by atoms with Gasteiger partial charge in [-0.25, -0.2) is 8.78 Å². The molecule has 6 heteroatoms. The van der Waals surface area contributed by atoms with E-state index in [1.165, 1.54) is 19.1 Å². The molecule has 1 atom stereocenters. The third kappa shape index (κ3) is 4.31. The molecule has 0 aliphatic carbocycles. The number of carbonyl (C=O) groups excluding carboxylic acids is 1. The summed E-state index contributed by atoms with van der Waals surface area (Å²) in [6.07, 6.45) is -5.01. The zero-order valence-electron chi connectivity index (χ0n) is 10.5. The molecule has 0 aromatic heterocycles. The van der Waals surface area contributed by atoms with Crippen molar-refractivity contribution in [3.63, 3.8) is 0 Å². The van der Waals surface area contributed by atoms with Crippen molar-refractivity contribution >= 4 is 5.78 Å². The highest BCUT2D eigenvalue weighted by molar-refractivity contribution is 5.99. The molecule has 0 radical (unpaired) electrons. The molecule has 0 aliphatic heterocycles. The molecule has 0 saturated carbocycles. The van der Waals surface area contributed by atoms with E-state index in [4.69, 9.17) is 0 Å². The highest BCUT2D eigenvalue weighted by atomic mass is 19.3. The molecule has 1 aromatic carbocycles. The molecule has 0 saturated heterocycles. The van der Waals surface area contributed by atoms with Gasteiger partial charge in [0.25, 0.3) is 0 Å². The highest BCUT2D eigenvalue weighted by Gasteiger charge is 2.41. The van der Waals surface area contributed by atoms with Gasteiger partial charge in [0, 0.05) is 5.56 Å². The van der Waals surface area contributed by atoms with Crippen LogP contribution in [0.2, 0.25) is 0 Å². The topological polar surface area (TPSA) is 26.3 Å². The van der Waals surface area contributed by atoms with Crippen molar-refractivity contribution in [2.45, 2.75) is 32.3 Å². The second-order valence-electron chi connectivity index (χ2n) is 4.25. The van der Waals surface area contributed by atoms with E-state index in [2.05, 4.69) is 4.74 Å². The summed E-state index contributed by atoms with van der Waals surface area (Å²) in [7, 11) is 0. The summed E-state index contributed by atoms with van der Waals surface area (Å²) in [6.45, 7) is 1.60. The average Bonchev–Trinajstić information content (AvgIpc) is 2.36. The molecule has 1 rings (SSSR count). The van der Waals surface area contributed by atoms with Crippen molar-refractivity contribution in [3.8, 4) is 0 Å². The van der Waals surface area contributed by atoms with Crippen molar-refractivity contribution in [2.24, 2.45) is 0 Å². The van der Waals surface area contributed by atoms with Gasteiger partial charge in [-0.3, -0.25) is 4.79 Å². The molecule has 106 valence electrons. The van der Waals surface area contributed by atoms with Crippen LogP contribution in [-0.2, 0) is 4.74 Å². The van der Waals surface area contributed by atoms with Crippen LogP contribution in [0, 0.1) is 6.92 Å². The van der Waals surface area contributed by atoms with Crippen molar-refractivity contribution in [3.05, 3.63) is 35.4 Å². The molecule has 0 bridgehead atoms. The van der Waals surface area contributed by atoms with E-state index in [-0.39, 0.29) is 0 Å². The number of halogens is 4. The maximum absolute atomic E-state index is 12.6. The van der Waals surface area contributed by atoms with Gasteiger partial charge in [-0.05, 0) is 13.8 Å². The fraction of sp³-hybridized carbons (Fsp3) is 0.462. The molecule has 1 unspecified atom stereocenters. The zero-order chi connectivity index (χ0) is 14.6. The van der Waals surface area contributed by atoms with Crippen LogP contribution in [-0.4, -0.2) is 30.8 Å². The number of carbonyl (C=O) groups is 1. The van der Waals surface area contributed by atoms with Gasteiger partial charge in [0.1, 0.15) is 12.7 Å². The predicted octanol–water partition coefficient (Wildman–Crippen LogP) is 3.48. The Balaban J connectivity index is 2.61. The Hall–Kier alpha value is -1.43. The Morgan fingerprint density at radius 1 is 1.26 bits per heavy atom. The van der Waals surface area contributed by atoms with E-state index >= 15 is 0 Å². The van der Waals surface area contributed by atoms with Gasteiger partial charge in [-0.15, -0.1) is 0 Å². The monoisotopic (exact) mass is 278 g/mol. The van der Waals surface area contributed by atoms with Gasteiger partial charge in [-0.2, -0.15) is 8.78 Å². The third-order valence-electron chi connectivity index (χ3n) is 2.55. The van der Waals surface area contributed by atoms with Gasteiger partial charge in [-0.1, -0.05) is 29.8 Å². The summed E-state index contributed by atoms with van der Waals surface area (Å²) < 4.78 is 53.6. The van der Waals surface area contributed by atoms with E-state index in [0.717, 1.165) is 5.56 Å². The number of alkyl halides is 4. The fourth-order valence-electron chi connectivity index (χ4n) is 1.33. The number of Topliss-reactive ketones (excluding diaryl/α,β-unsaturated/α-hetero) is 1. The lowest BCUT2D eigenvalue weighted by atomic mass is 10.1. The first kappa shape index (κ1) is 15.6. The van der Waals surface area contributed by atoms with Gasteiger partial charge in [0.15, 0.2) is 5.78 Å². The quantitative estimate of drug-likeness (QED) is 0.588. The van der Waals surface area contributed by atoms with E-state index in [1.54, 1.807) is 12.1 Å². The molecule has 0 heterocycles. The smallest absolute Gasteiger partial charge is 0.330 e. The standard InChI is InChI=1S/C13H14F4O2/c1-8-3-5-10(6-4-8)11(18)9(2)19-7-13(16,17)12(14)15/h3-6,9,12H,7H2,1-2H3. The normalized spacial score (nSPS) is 13.6. The molecule has 0 aliphatic rings. The lowest BCUT2D eigenvalue weighted by Gasteiger charge is -2.18. The van der Waals surface area contributed by atoms with Gasteiger partial charge < -0.3 is 4.74 Å². The van der Waals surface area contributed by atoms with Gasteiger partial charge in [0.05, 0.1) is 0 Å². The van der Waals surface area contributed by atoms with Crippen molar-refractivity contribution in [1.82, 2.24) is 0 Å². The number of aryl methyl sites for hydroxylation is 1. The summed E-state index contributed by atoms with van der Waals surface area (Å²) in [5.41, 5.74) is 1.23. The van der Waals surface area contributed by atoms with Crippen molar-refractivity contribution in [2.75, 3.05) is 6.61 Å². The number of ether oxygens (including phenoxy) is 1. The van der Waals surface area contributed by atoms with Crippen LogP contribution in [0.15, 0.2) is 24.3 Å². The van der Waals surface area contributed by atoms with Gasteiger partial charge in [0.2, 0.25) is 0 Å². The number of ketones is 1. The van der Waals surface area contributed by atoms with Crippen LogP contribution in [0.4, 0.5) is 17.6 Å². The van der Waals surface area contributed by atoms with Crippen LogP contribution < -0.4 is 0 Å². The zero-order valence-corrected chi connectivity index (χ0v) is 10.5. The van der Waals surface area contributed by atoms with E-state index in [1.807, 2.05) is 6.92 Å². The van der Waals surface area contributed by atoms with E-state index < -0.39 is 30.8 Å². The minimum Gasteiger partial charge on any atom is -0.364 e. The maximum Gasteiger partial charge on any atom is 0.330 e. The minimum atomic E-state index is -4.25. The molecule has 0 N–H and O–H groups in total. The van der Waals surface area contributed by atoms with E-state index in [0.29, 0.717) is 5.56 Å². The summed E-state index contributed by atoms with van der Waals surface area (Å²) in [6, 6.07) is 6.44. The summed E-state index contributed by atoms with van der Waals surface area (Å²) in [4.78, 5) is 11.8. The predicted molar refractivity (Wildman–Crippen MR) is 61.9 cm³/mol. The molecular formula is C13H14F4O2. The third-order valence-corrected chi connectivity index (χ3v) is 2.55. The second-order valence-corrected chi connectivity index (χ2v) is 4.25.